The van der Waals surface area contributed by atoms with Crippen molar-refractivity contribution < 1.29 is 14.6 Å². The van der Waals surface area contributed by atoms with Gasteiger partial charge < -0.3 is 15.6 Å². The van der Waals surface area contributed by atoms with Crippen LogP contribution in [0.2, 0.25) is 0 Å². The van der Waals surface area contributed by atoms with Crippen molar-refractivity contribution in [1.29, 1.82) is 0 Å². The van der Waals surface area contributed by atoms with Crippen LogP contribution in [0.4, 0.5) is 0 Å². The summed E-state index contributed by atoms with van der Waals surface area (Å²) < 4.78 is 5.58. The number of rotatable bonds is 3. The van der Waals surface area contributed by atoms with Gasteiger partial charge >= 0.3 is 5.97 Å². The quantitative estimate of drug-likeness (QED) is 0.801. The van der Waals surface area contributed by atoms with E-state index in [0.29, 0.717) is 13.0 Å². The van der Waals surface area contributed by atoms with Gasteiger partial charge in [-0.05, 0) is 17.5 Å². The first-order chi connectivity index (χ1) is 7.68. The Morgan fingerprint density at radius 2 is 2.31 bits per heavy atom. The van der Waals surface area contributed by atoms with Crippen LogP contribution >= 0.6 is 0 Å². The van der Waals surface area contributed by atoms with E-state index in [4.69, 9.17) is 15.6 Å². The molecule has 0 spiro atoms. The Bertz CT molecular complexity index is 392. The molecule has 1 aliphatic rings. The highest BCUT2D eigenvalue weighted by Crippen LogP contribution is 2.29. The van der Waals surface area contributed by atoms with Gasteiger partial charge in [0.25, 0.3) is 0 Å². The first kappa shape index (κ1) is 11.1. The Labute approximate surface area is 94.0 Å². The van der Waals surface area contributed by atoms with Crippen molar-refractivity contribution in [2.75, 3.05) is 6.61 Å². The molecule has 0 aliphatic carbocycles. The van der Waals surface area contributed by atoms with Crippen molar-refractivity contribution in [3.05, 3.63) is 35.4 Å². The van der Waals surface area contributed by atoms with E-state index in [1.165, 1.54) is 5.56 Å². The molecule has 0 saturated heterocycles. The Hall–Kier alpha value is -1.39. The van der Waals surface area contributed by atoms with Crippen LogP contribution in [0.5, 0.6) is 0 Å². The highest BCUT2D eigenvalue weighted by atomic mass is 16.5. The predicted octanol–water partition coefficient (Wildman–Crippen LogP) is 1.10. The fraction of sp³-hybridized carbons (Fsp3) is 0.417. The zero-order valence-corrected chi connectivity index (χ0v) is 8.93. The fourth-order valence-corrected chi connectivity index (χ4v) is 2.00. The van der Waals surface area contributed by atoms with E-state index in [2.05, 4.69) is 6.07 Å². The Morgan fingerprint density at radius 1 is 1.56 bits per heavy atom. The smallest absolute Gasteiger partial charge is 0.320 e. The van der Waals surface area contributed by atoms with Crippen LogP contribution in [0.25, 0.3) is 0 Å². The minimum Gasteiger partial charge on any atom is -0.480 e. The summed E-state index contributed by atoms with van der Waals surface area (Å²) in [5, 5.41) is 8.78. The van der Waals surface area contributed by atoms with Crippen LogP contribution in [0, 0.1) is 0 Å². The highest BCUT2D eigenvalue weighted by Gasteiger charge is 2.25. The minimum absolute atomic E-state index is 0.184. The average Bonchev–Trinajstić information content (AvgIpc) is 2.29. The number of fused-ring (bicyclic) bond motifs is 1. The van der Waals surface area contributed by atoms with Gasteiger partial charge in [-0.15, -0.1) is 0 Å². The summed E-state index contributed by atoms with van der Waals surface area (Å²) in [5.74, 6) is -0.980. The van der Waals surface area contributed by atoms with E-state index in [0.717, 1.165) is 12.0 Å². The fourth-order valence-electron chi connectivity index (χ4n) is 2.00. The molecule has 1 aliphatic heterocycles. The topological polar surface area (TPSA) is 72.5 Å². The third kappa shape index (κ3) is 2.23. The van der Waals surface area contributed by atoms with Crippen LogP contribution in [-0.2, 0) is 16.0 Å². The van der Waals surface area contributed by atoms with Gasteiger partial charge in [-0.1, -0.05) is 24.3 Å². The number of carboxylic acids is 1. The molecule has 1 unspecified atom stereocenters. The lowest BCUT2D eigenvalue weighted by Gasteiger charge is -2.27. The second-order valence-electron chi connectivity index (χ2n) is 3.99. The summed E-state index contributed by atoms with van der Waals surface area (Å²) in [6.07, 6.45) is 1.03. The first-order valence-corrected chi connectivity index (χ1v) is 5.36. The average molecular weight is 221 g/mol. The van der Waals surface area contributed by atoms with Crippen LogP contribution in [0.1, 0.15) is 23.7 Å². The highest BCUT2D eigenvalue weighted by molar-refractivity contribution is 5.73. The molecule has 0 bridgehead atoms. The molecular weight excluding hydrogens is 206 g/mol. The molecule has 4 nitrogen and oxygen atoms in total. The number of hydrogen-bond donors (Lipinski definition) is 2. The molecule has 0 amide bonds. The molecule has 3 N–H and O–H groups in total. The predicted molar refractivity (Wildman–Crippen MR) is 59.1 cm³/mol. The van der Waals surface area contributed by atoms with Crippen molar-refractivity contribution >= 4 is 5.97 Å². The normalized spacial score (nSPS) is 21.2. The number of ether oxygens (including phenoxy) is 1. The maximum absolute atomic E-state index is 10.7. The summed E-state index contributed by atoms with van der Waals surface area (Å²) >= 11 is 0. The maximum Gasteiger partial charge on any atom is 0.320 e. The lowest BCUT2D eigenvalue weighted by molar-refractivity contribution is -0.139. The van der Waals surface area contributed by atoms with E-state index < -0.39 is 12.0 Å². The van der Waals surface area contributed by atoms with Crippen molar-refractivity contribution in [3.63, 3.8) is 0 Å². The Morgan fingerprint density at radius 3 is 3.06 bits per heavy atom. The number of hydrogen-bond acceptors (Lipinski definition) is 3. The van der Waals surface area contributed by atoms with Gasteiger partial charge in [0.15, 0.2) is 0 Å². The molecular formula is C12H15NO3. The molecule has 1 aromatic carbocycles. The number of aliphatic carboxylic acids is 1. The molecule has 0 saturated carbocycles. The van der Waals surface area contributed by atoms with Crippen molar-refractivity contribution in [2.24, 2.45) is 5.73 Å². The number of nitrogens with two attached hydrogens (primary N) is 1. The molecule has 16 heavy (non-hydrogen) atoms. The van der Waals surface area contributed by atoms with Crippen molar-refractivity contribution in [2.45, 2.75) is 25.0 Å². The van der Waals surface area contributed by atoms with Crippen molar-refractivity contribution in [1.82, 2.24) is 0 Å². The lowest BCUT2D eigenvalue weighted by atomic mass is 9.94. The van der Waals surface area contributed by atoms with E-state index in [1.807, 2.05) is 18.2 Å². The van der Waals surface area contributed by atoms with Gasteiger partial charge in [0, 0.05) is 6.42 Å². The summed E-state index contributed by atoms with van der Waals surface area (Å²) in [4.78, 5) is 10.7. The molecule has 86 valence electrons. The summed E-state index contributed by atoms with van der Waals surface area (Å²) in [7, 11) is 0. The summed E-state index contributed by atoms with van der Waals surface area (Å²) in [6, 6.07) is 7.09. The van der Waals surface area contributed by atoms with Gasteiger partial charge in [-0.2, -0.15) is 0 Å². The second kappa shape index (κ2) is 4.63. The Kier molecular flexibility index (Phi) is 3.22. The van der Waals surface area contributed by atoms with E-state index in [-0.39, 0.29) is 6.10 Å². The third-order valence-corrected chi connectivity index (χ3v) is 2.88. The molecule has 1 heterocycles. The van der Waals surface area contributed by atoms with Gasteiger partial charge in [0.2, 0.25) is 0 Å². The van der Waals surface area contributed by atoms with Crippen LogP contribution in [0.3, 0.4) is 0 Å². The van der Waals surface area contributed by atoms with E-state index >= 15 is 0 Å². The monoisotopic (exact) mass is 221 g/mol. The Balaban J connectivity index is 2.16. The molecule has 0 aromatic heterocycles. The van der Waals surface area contributed by atoms with E-state index in [1.54, 1.807) is 0 Å². The van der Waals surface area contributed by atoms with Gasteiger partial charge in [0.05, 0.1) is 12.7 Å². The molecule has 2 rings (SSSR count). The summed E-state index contributed by atoms with van der Waals surface area (Å²) in [5.41, 5.74) is 7.83. The minimum atomic E-state index is -0.980. The molecule has 0 fully saturated rings. The largest absolute Gasteiger partial charge is 0.480 e. The molecule has 0 radical (unpaired) electrons. The second-order valence-corrected chi connectivity index (χ2v) is 3.99. The summed E-state index contributed by atoms with van der Waals surface area (Å²) in [6.45, 7) is 0.633. The zero-order chi connectivity index (χ0) is 11.5. The molecule has 1 aromatic rings. The lowest BCUT2D eigenvalue weighted by Crippen LogP contribution is -2.33. The zero-order valence-electron chi connectivity index (χ0n) is 8.93. The number of carbonyl (C=O) groups is 1. The van der Waals surface area contributed by atoms with Crippen LogP contribution < -0.4 is 5.73 Å². The molecule has 4 heteroatoms. The SMILES string of the molecule is N[C@H](CC1OCCc2ccccc21)C(=O)O. The van der Waals surface area contributed by atoms with Gasteiger partial charge in [0.1, 0.15) is 6.04 Å². The van der Waals surface area contributed by atoms with Gasteiger partial charge in [-0.3, -0.25) is 4.79 Å². The third-order valence-electron chi connectivity index (χ3n) is 2.88. The van der Waals surface area contributed by atoms with E-state index in [9.17, 15) is 4.79 Å². The molecule has 2 atom stereocenters. The number of carboxylic acid groups (broad SMARTS) is 1. The van der Waals surface area contributed by atoms with Crippen molar-refractivity contribution in [3.8, 4) is 0 Å². The van der Waals surface area contributed by atoms with Crippen LogP contribution in [-0.4, -0.2) is 23.7 Å². The van der Waals surface area contributed by atoms with Gasteiger partial charge in [-0.25, -0.2) is 0 Å². The maximum atomic E-state index is 10.7. The first-order valence-electron chi connectivity index (χ1n) is 5.36. The van der Waals surface area contributed by atoms with Crippen LogP contribution in [0.15, 0.2) is 24.3 Å². The standard InChI is InChI=1S/C12H15NO3/c13-10(12(14)15)7-11-9-4-2-1-3-8(9)5-6-16-11/h1-4,10-11H,5-7,13H2,(H,14,15)/t10-,11?/m1/s1. The number of benzene rings is 1.